The van der Waals surface area contributed by atoms with Crippen molar-refractivity contribution in [1.82, 2.24) is 4.90 Å². The summed E-state index contributed by atoms with van der Waals surface area (Å²) in [6.07, 6.45) is 7.77. The molecule has 2 aliphatic heterocycles. The molecule has 3 fully saturated rings. The second-order valence-corrected chi connectivity index (χ2v) is 8.45. The number of hydrogen-bond acceptors (Lipinski definition) is 3. The van der Waals surface area contributed by atoms with Crippen LogP contribution in [0.1, 0.15) is 38.5 Å². The molecule has 1 saturated carbocycles. The van der Waals surface area contributed by atoms with Crippen molar-refractivity contribution in [3.05, 3.63) is 24.3 Å². The Morgan fingerprint density at radius 2 is 1.74 bits per heavy atom. The summed E-state index contributed by atoms with van der Waals surface area (Å²) in [6.45, 7) is 5.78. The number of amides is 1. The molecule has 27 heavy (non-hydrogen) atoms. The standard InChI is InChI=1S/C22H33N3O2/c1-27-20-10-8-19(9-11-20)24-15-13-23(14-16-24)17-22(26)25-12-4-6-18-5-2-3-7-21(18)25/h8-11,18,21H,2-7,12-17H2,1H3/p+1/t18-,21+/m1/s1. The van der Waals surface area contributed by atoms with Gasteiger partial charge in [-0.25, -0.2) is 0 Å². The number of carbonyl (C=O) groups is 1. The normalized spacial score (nSPS) is 26.6. The lowest BCUT2D eigenvalue weighted by Gasteiger charge is -2.44. The summed E-state index contributed by atoms with van der Waals surface area (Å²) < 4.78 is 5.25. The molecule has 1 aromatic rings. The van der Waals surface area contributed by atoms with E-state index in [2.05, 4.69) is 21.9 Å². The Morgan fingerprint density at radius 3 is 2.48 bits per heavy atom. The topological polar surface area (TPSA) is 37.2 Å². The van der Waals surface area contributed by atoms with Gasteiger partial charge in [0, 0.05) is 18.3 Å². The zero-order valence-corrected chi connectivity index (χ0v) is 16.7. The predicted molar refractivity (Wildman–Crippen MR) is 107 cm³/mol. The number of fused-ring (bicyclic) bond motifs is 1. The number of piperidine rings is 1. The third kappa shape index (κ3) is 4.23. The van der Waals surface area contributed by atoms with Gasteiger partial charge in [-0.15, -0.1) is 0 Å². The molecule has 0 spiro atoms. The molecule has 1 amide bonds. The molecule has 5 heteroatoms. The Labute approximate surface area is 163 Å². The summed E-state index contributed by atoms with van der Waals surface area (Å²) in [6, 6.07) is 8.85. The maximum absolute atomic E-state index is 13.0. The van der Waals surface area contributed by atoms with Gasteiger partial charge in [0.2, 0.25) is 0 Å². The molecular weight excluding hydrogens is 338 g/mol. The number of nitrogens with one attached hydrogen (secondary N) is 1. The fraction of sp³-hybridized carbons (Fsp3) is 0.682. The van der Waals surface area contributed by atoms with Crippen LogP contribution in [0.5, 0.6) is 5.75 Å². The van der Waals surface area contributed by atoms with E-state index in [1.807, 2.05) is 12.1 Å². The van der Waals surface area contributed by atoms with Gasteiger partial charge in [0.1, 0.15) is 5.75 Å². The van der Waals surface area contributed by atoms with Crippen molar-refractivity contribution in [2.24, 2.45) is 5.92 Å². The van der Waals surface area contributed by atoms with Crippen LogP contribution in [0, 0.1) is 5.92 Å². The average Bonchev–Trinajstić information content (AvgIpc) is 2.74. The van der Waals surface area contributed by atoms with Crippen molar-refractivity contribution in [3.63, 3.8) is 0 Å². The molecule has 2 atom stereocenters. The number of rotatable bonds is 4. The predicted octanol–water partition coefficient (Wildman–Crippen LogP) is 1.58. The lowest BCUT2D eigenvalue weighted by molar-refractivity contribution is -0.892. The third-order valence-corrected chi connectivity index (χ3v) is 6.87. The molecule has 0 aromatic heterocycles. The molecule has 4 rings (SSSR count). The largest absolute Gasteiger partial charge is 0.497 e. The lowest BCUT2D eigenvalue weighted by atomic mass is 9.78. The van der Waals surface area contributed by atoms with E-state index >= 15 is 0 Å². The monoisotopic (exact) mass is 372 g/mol. The quantitative estimate of drug-likeness (QED) is 0.872. The minimum absolute atomic E-state index is 0.402. The van der Waals surface area contributed by atoms with Crippen LogP contribution < -0.4 is 14.5 Å². The maximum atomic E-state index is 13.0. The third-order valence-electron chi connectivity index (χ3n) is 6.87. The highest BCUT2D eigenvalue weighted by Crippen LogP contribution is 2.35. The van der Waals surface area contributed by atoms with Gasteiger partial charge in [0.25, 0.3) is 5.91 Å². The first-order valence-electron chi connectivity index (χ1n) is 10.8. The highest BCUT2D eigenvalue weighted by molar-refractivity contribution is 5.77. The Balaban J connectivity index is 1.28. The molecule has 2 heterocycles. The summed E-state index contributed by atoms with van der Waals surface area (Å²) in [5.74, 6) is 2.08. The molecule has 3 aliphatic rings. The van der Waals surface area contributed by atoms with Gasteiger partial charge in [-0.1, -0.05) is 12.8 Å². The summed E-state index contributed by atoms with van der Waals surface area (Å²) in [4.78, 5) is 19.1. The van der Waals surface area contributed by atoms with Crippen molar-refractivity contribution in [3.8, 4) is 5.75 Å². The van der Waals surface area contributed by atoms with Gasteiger partial charge in [0.15, 0.2) is 6.54 Å². The number of methoxy groups -OCH3 is 1. The number of carbonyl (C=O) groups excluding carboxylic acids is 1. The minimum Gasteiger partial charge on any atom is -0.497 e. The fourth-order valence-corrected chi connectivity index (χ4v) is 5.30. The van der Waals surface area contributed by atoms with Crippen LogP contribution in [-0.2, 0) is 4.79 Å². The minimum atomic E-state index is 0.402. The summed E-state index contributed by atoms with van der Waals surface area (Å²) in [5.41, 5.74) is 1.25. The van der Waals surface area contributed by atoms with Crippen LogP contribution in [0.3, 0.4) is 0 Å². The molecule has 1 aromatic carbocycles. The van der Waals surface area contributed by atoms with E-state index in [1.165, 1.54) is 49.1 Å². The first-order chi connectivity index (χ1) is 13.2. The van der Waals surface area contributed by atoms with Crippen molar-refractivity contribution < 1.29 is 14.4 Å². The summed E-state index contributed by atoms with van der Waals surface area (Å²) >= 11 is 0. The van der Waals surface area contributed by atoms with Crippen molar-refractivity contribution in [2.45, 2.75) is 44.6 Å². The Bertz CT molecular complexity index is 623. The average molecular weight is 373 g/mol. The molecule has 2 saturated heterocycles. The highest BCUT2D eigenvalue weighted by Gasteiger charge is 2.37. The van der Waals surface area contributed by atoms with Gasteiger partial charge in [-0.3, -0.25) is 4.79 Å². The van der Waals surface area contributed by atoms with Crippen LogP contribution in [0.15, 0.2) is 24.3 Å². The number of hydrogen-bond donors (Lipinski definition) is 1. The van der Waals surface area contributed by atoms with Gasteiger partial charge in [-0.2, -0.15) is 0 Å². The zero-order valence-electron chi connectivity index (χ0n) is 16.7. The summed E-state index contributed by atoms with van der Waals surface area (Å²) in [5, 5.41) is 0. The van der Waals surface area contributed by atoms with E-state index in [4.69, 9.17) is 4.74 Å². The molecule has 0 unspecified atom stereocenters. The van der Waals surface area contributed by atoms with E-state index in [9.17, 15) is 4.79 Å². The van der Waals surface area contributed by atoms with Crippen LogP contribution in [-0.4, -0.2) is 63.2 Å². The highest BCUT2D eigenvalue weighted by atomic mass is 16.5. The number of quaternary nitrogens is 1. The van der Waals surface area contributed by atoms with Crippen LogP contribution in [0.4, 0.5) is 5.69 Å². The first kappa shape index (κ1) is 18.6. The zero-order chi connectivity index (χ0) is 18.6. The molecule has 1 N–H and O–H groups in total. The van der Waals surface area contributed by atoms with E-state index in [0.29, 0.717) is 18.5 Å². The lowest BCUT2D eigenvalue weighted by Crippen LogP contribution is -3.16. The van der Waals surface area contributed by atoms with E-state index < -0.39 is 0 Å². The van der Waals surface area contributed by atoms with Gasteiger partial charge in [-0.05, 0) is 55.9 Å². The molecule has 0 bridgehead atoms. The fourth-order valence-electron chi connectivity index (χ4n) is 5.30. The maximum Gasteiger partial charge on any atom is 0.278 e. The Hall–Kier alpha value is -1.75. The van der Waals surface area contributed by atoms with E-state index in [0.717, 1.165) is 44.4 Å². The Kier molecular flexibility index (Phi) is 5.86. The molecule has 0 radical (unpaired) electrons. The molecule has 1 aliphatic carbocycles. The summed E-state index contributed by atoms with van der Waals surface area (Å²) in [7, 11) is 1.70. The van der Waals surface area contributed by atoms with E-state index in [1.54, 1.807) is 7.11 Å². The van der Waals surface area contributed by atoms with E-state index in [-0.39, 0.29) is 0 Å². The SMILES string of the molecule is COc1ccc(N2CC[NH+](CC(=O)N3CCC[C@H]4CCCC[C@@H]43)CC2)cc1. The number of likely N-dealkylation sites (tertiary alicyclic amines) is 1. The van der Waals surface area contributed by atoms with Crippen LogP contribution in [0.2, 0.25) is 0 Å². The molecule has 5 nitrogen and oxygen atoms in total. The van der Waals surface area contributed by atoms with Crippen LogP contribution in [0.25, 0.3) is 0 Å². The van der Waals surface area contributed by atoms with Gasteiger partial charge < -0.3 is 19.4 Å². The molecular formula is C22H34N3O2+. The van der Waals surface area contributed by atoms with Crippen molar-refractivity contribution in [2.75, 3.05) is 51.3 Å². The molecule has 148 valence electrons. The van der Waals surface area contributed by atoms with Gasteiger partial charge >= 0.3 is 0 Å². The van der Waals surface area contributed by atoms with Gasteiger partial charge in [0.05, 0.1) is 33.3 Å². The first-order valence-corrected chi connectivity index (χ1v) is 10.8. The second kappa shape index (κ2) is 8.51. The van der Waals surface area contributed by atoms with Crippen molar-refractivity contribution in [1.29, 1.82) is 0 Å². The van der Waals surface area contributed by atoms with Crippen LogP contribution >= 0.6 is 0 Å². The number of nitrogens with zero attached hydrogens (tertiary/aromatic N) is 2. The van der Waals surface area contributed by atoms with Crippen molar-refractivity contribution >= 4 is 11.6 Å². The number of ether oxygens (including phenoxy) is 1. The smallest absolute Gasteiger partial charge is 0.278 e. The Morgan fingerprint density at radius 1 is 1.04 bits per heavy atom. The number of piperazine rings is 1. The number of anilines is 1. The second-order valence-electron chi connectivity index (χ2n) is 8.45. The number of benzene rings is 1.